The van der Waals surface area contributed by atoms with Crippen LogP contribution in [0.15, 0.2) is 42.6 Å². The summed E-state index contributed by atoms with van der Waals surface area (Å²) < 4.78 is 13.3. The lowest BCUT2D eigenvalue weighted by atomic mass is 10.1. The zero-order chi connectivity index (χ0) is 14.4. The van der Waals surface area contributed by atoms with Gasteiger partial charge in [-0.05, 0) is 48.9 Å². The molecule has 5 heteroatoms. The number of H-pyrrole nitrogens is 1. The normalized spacial score (nSPS) is 11.3. The lowest BCUT2D eigenvalue weighted by molar-refractivity contribution is 0.629. The minimum absolute atomic E-state index is 0.253. The van der Waals surface area contributed by atoms with Crippen LogP contribution < -0.4 is 0 Å². The van der Waals surface area contributed by atoms with Crippen LogP contribution in [-0.2, 0) is 0 Å². The first-order chi connectivity index (χ1) is 10.2. The Hall–Kier alpha value is -2.82. The van der Waals surface area contributed by atoms with E-state index in [1.54, 1.807) is 12.3 Å². The summed E-state index contributed by atoms with van der Waals surface area (Å²) in [7, 11) is 0. The van der Waals surface area contributed by atoms with Gasteiger partial charge in [0, 0.05) is 17.0 Å². The first-order valence-electron chi connectivity index (χ1n) is 6.59. The Morgan fingerprint density at radius 1 is 1.10 bits per heavy atom. The minimum atomic E-state index is -0.253. The Labute approximate surface area is 119 Å². The summed E-state index contributed by atoms with van der Waals surface area (Å²) in [6.45, 7) is 1.95. The summed E-state index contributed by atoms with van der Waals surface area (Å²) in [5.74, 6) is -0.253. The van der Waals surface area contributed by atoms with Gasteiger partial charge in [-0.25, -0.2) is 14.4 Å². The van der Waals surface area contributed by atoms with E-state index in [4.69, 9.17) is 0 Å². The summed E-state index contributed by atoms with van der Waals surface area (Å²) in [4.78, 5) is 8.81. The van der Waals surface area contributed by atoms with Crippen LogP contribution in [0.25, 0.3) is 33.3 Å². The van der Waals surface area contributed by atoms with Crippen LogP contribution in [0.2, 0.25) is 0 Å². The lowest BCUT2D eigenvalue weighted by Crippen LogP contribution is -1.90. The first kappa shape index (κ1) is 12.0. The van der Waals surface area contributed by atoms with Crippen molar-refractivity contribution in [3.63, 3.8) is 0 Å². The molecule has 0 bridgehead atoms. The van der Waals surface area contributed by atoms with E-state index in [0.29, 0.717) is 5.65 Å². The van der Waals surface area contributed by atoms with Crippen molar-refractivity contribution >= 4 is 21.9 Å². The number of hydrogen-bond acceptors (Lipinski definition) is 3. The van der Waals surface area contributed by atoms with Gasteiger partial charge in [-0.15, -0.1) is 0 Å². The van der Waals surface area contributed by atoms with Gasteiger partial charge < -0.3 is 0 Å². The Morgan fingerprint density at radius 3 is 2.90 bits per heavy atom. The van der Waals surface area contributed by atoms with Crippen LogP contribution in [0.1, 0.15) is 5.56 Å². The quantitative estimate of drug-likeness (QED) is 0.578. The number of fused-ring (bicyclic) bond motifs is 2. The van der Waals surface area contributed by atoms with Gasteiger partial charge in [0.05, 0.1) is 16.9 Å². The molecule has 0 spiro atoms. The molecular weight excluding hydrogens is 267 g/mol. The molecule has 0 unspecified atom stereocenters. The number of rotatable bonds is 1. The molecule has 0 saturated heterocycles. The standard InChI is InChI=1S/C16H11FN4/c1-9-7-14(19-13-5-4-10(17)8-12(9)13)15-11-3-2-6-18-16(11)21-20-15/h2-8H,1H3,(H,18,20,21). The predicted molar refractivity (Wildman–Crippen MR) is 79.3 cm³/mol. The maximum absolute atomic E-state index is 13.3. The smallest absolute Gasteiger partial charge is 0.181 e. The van der Waals surface area contributed by atoms with E-state index in [0.717, 1.165) is 33.2 Å². The number of benzene rings is 1. The van der Waals surface area contributed by atoms with Crippen LogP contribution in [0.4, 0.5) is 4.39 Å². The number of hydrogen-bond donors (Lipinski definition) is 1. The molecule has 0 atom stereocenters. The van der Waals surface area contributed by atoms with Gasteiger partial charge in [-0.3, -0.25) is 5.10 Å². The highest BCUT2D eigenvalue weighted by Crippen LogP contribution is 2.27. The van der Waals surface area contributed by atoms with E-state index in [1.165, 1.54) is 12.1 Å². The molecule has 0 aliphatic rings. The Balaban J connectivity index is 2.00. The molecule has 0 amide bonds. The number of pyridine rings is 2. The molecule has 0 aliphatic carbocycles. The molecule has 3 aromatic heterocycles. The van der Waals surface area contributed by atoms with E-state index in [9.17, 15) is 4.39 Å². The number of halogens is 1. The number of aromatic amines is 1. The van der Waals surface area contributed by atoms with Crippen LogP contribution in [0.3, 0.4) is 0 Å². The highest BCUT2D eigenvalue weighted by molar-refractivity contribution is 5.92. The molecule has 1 aromatic carbocycles. The number of nitrogens with zero attached hydrogens (tertiary/aromatic N) is 3. The van der Waals surface area contributed by atoms with E-state index < -0.39 is 0 Å². The summed E-state index contributed by atoms with van der Waals surface area (Å²) in [5.41, 5.74) is 4.00. The van der Waals surface area contributed by atoms with E-state index >= 15 is 0 Å². The molecule has 0 fully saturated rings. The average Bonchev–Trinajstić information content (AvgIpc) is 2.92. The summed E-state index contributed by atoms with van der Waals surface area (Å²) in [5, 5.41) is 8.91. The zero-order valence-electron chi connectivity index (χ0n) is 11.3. The second kappa shape index (κ2) is 4.34. The Kier molecular flexibility index (Phi) is 2.47. The third-order valence-corrected chi connectivity index (χ3v) is 3.56. The molecular formula is C16H11FN4. The Morgan fingerprint density at radius 2 is 2.00 bits per heavy atom. The summed E-state index contributed by atoms with van der Waals surface area (Å²) in [6, 6.07) is 10.4. The van der Waals surface area contributed by atoms with Crippen molar-refractivity contribution in [2.45, 2.75) is 6.92 Å². The summed E-state index contributed by atoms with van der Waals surface area (Å²) in [6.07, 6.45) is 1.70. The molecule has 3 heterocycles. The molecule has 1 N–H and O–H groups in total. The number of aromatic nitrogens is 4. The SMILES string of the molecule is Cc1cc(-c2[nH]nc3ncccc23)nc2ccc(F)cc12. The van der Waals surface area contributed by atoms with Crippen LogP contribution >= 0.6 is 0 Å². The topological polar surface area (TPSA) is 54.5 Å². The fourth-order valence-electron chi connectivity index (χ4n) is 2.54. The average molecular weight is 278 g/mol. The van der Waals surface area contributed by atoms with Gasteiger partial charge in [0.25, 0.3) is 0 Å². The molecule has 4 rings (SSSR count). The maximum Gasteiger partial charge on any atom is 0.181 e. The van der Waals surface area contributed by atoms with Crippen molar-refractivity contribution in [3.8, 4) is 11.4 Å². The van der Waals surface area contributed by atoms with Crippen LogP contribution in [0.5, 0.6) is 0 Å². The van der Waals surface area contributed by atoms with Gasteiger partial charge in [0.2, 0.25) is 0 Å². The van der Waals surface area contributed by atoms with E-state index in [2.05, 4.69) is 20.2 Å². The monoisotopic (exact) mass is 278 g/mol. The van der Waals surface area contributed by atoms with Gasteiger partial charge >= 0.3 is 0 Å². The van der Waals surface area contributed by atoms with Gasteiger partial charge in [0.1, 0.15) is 5.82 Å². The Bertz CT molecular complexity index is 975. The number of aryl methyl sites for hydroxylation is 1. The lowest BCUT2D eigenvalue weighted by Gasteiger charge is -2.05. The second-order valence-corrected chi connectivity index (χ2v) is 4.96. The fraction of sp³-hybridized carbons (Fsp3) is 0.0625. The highest BCUT2D eigenvalue weighted by Gasteiger charge is 2.11. The third-order valence-electron chi connectivity index (χ3n) is 3.56. The fourth-order valence-corrected chi connectivity index (χ4v) is 2.54. The largest absolute Gasteiger partial charge is 0.273 e. The van der Waals surface area contributed by atoms with Crippen molar-refractivity contribution in [1.82, 2.24) is 20.2 Å². The zero-order valence-corrected chi connectivity index (χ0v) is 11.3. The molecule has 102 valence electrons. The predicted octanol–water partition coefficient (Wildman–Crippen LogP) is 3.62. The van der Waals surface area contributed by atoms with Crippen molar-refractivity contribution in [1.29, 1.82) is 0 Å². The van der Waals surface area contributed by atoms with Crippen molar-refractivity contribution in [2.75, 3.05) is 0 Å². The van der Waals surface area contributed by atoms with Crippen molar-refractivity contribution in [2.24, 2.45) is 0 Å². The maximum atomic E-state index is 13.3. The van der Waals surface area contributed by atoms with Crippen molar-refractivity contribution in [3.05, 3.63) is 54.0 Å². The van der Waals surface area contributed by atoms with Gasteiger partial charge in [-0.1, -0.05) is 0 Å². The summed E-state index contributed by atoms with van der Waals surface area (Å²) >= 11 is 0. The van der Waals surface area contributed by atoms with Gasteiger partial charge in [-0.2, -0.15) is 5.10 Å². The third kappa shape index (κ3) is 1.86. The minimum Gasteiger partial charge on any atom is -0.273 e. The second-order valence-electron chi connectivity index (χ2n) is 4.96. The van der Waals surface area contributed by atoms with E-state index in [-0.39, 0.29) is 5.82 Å². The molecule has 0 radical (unpaired) electrons. The van der Waals surface area contributed by atoms with Crippen LogP contribution in [-0.4, -0.2) is 20.2 Å². The number of nitrogens with one attached hydrogen (secondary N) is 1. The van der Waals surface area contributed by atoms with Crippen molar-refractivity contribution < 1.29 is 4.39 Å². The van der Waals surface area contributed by atoms with Gasteiger partial charge in [0.15, 0.2) is 5.65 Å². The molecule has 21 heavy (non-hydrogen) atoms. The molecule has 4 aromatic rings. The van der Waals surface area contributed by atoms with Crippen LogP contribution in [0, 0.1) is 12.7 Å². The van der Waals surface area contributed by atoms with E-state index in [1.807, 2.05) is 25.1 Å². The molecule has 0 aliphatic heterocycles. The highest BCUT2D eigenvalue weighted by atomic mass is 19.1. The molecule has 4 nitrogen and oxygen atoms in total. The molecule has 0 saturated carbocycles. The first-order valence-corrected chi connectivity index (χ1v) is 6.59.